The van der Waals surface area contributed by atoms with Gasteiger partial charge < -0.3 is 15.1 Å². The van der Waals surface area contributed by atoms with Gasteiger partial charge in [0.2, 0.25) is 0 Å². The normalized spacial score (nSPS) is 20.1. The summed E-state index contributed by atoms with van der Waals surface area (Å²) in [7, 11) is 0. The molecule has 28 heavy (non-hydrogen) atoms. The molecule has 6 nitrogen and oxygen atoms in total. The van der Waals surface area contributed by atoms with Gasteiger partial charge in [-0.25, -0.2) is 0 Å². The third-order valence-electron chi connectivity index (χ3n) is 5.11. The summed E-state index contributed by atoms with van der Waals surface area (Å²) in [5, 5.41) is 3.06. The number of aromatic nitrogens is 2. The summed E-state index contributed by atoms with van der Waals surface area (Å²) in [6, 6.07) is 8.40. The van der Waals surface area contributed by atoms with E-state index >= 15 is 0 Å². The molecular weight excluding hydrogens is 370 g/mol. The van der Waals surface area contributed by atoms with Crippen molar-refractivity contribution in [2.45, 2.75) is 39.9 Å². The fraction of sp³-hybridized carbons (Fsp3) is 0.524. The van der Waals surface area contributed by atoms with Gasteiger partial charge in [0.15, 0.2) is 18.0 Å². The van der Waals surface area contributed by atoms with Gasteiger partial charge in [0.1, 0.15) is 26.2 Å². The van der Waals surface area contributed by atoms with E-state index in [-0.39, 0.29) is 11.4 Å². The molecule has 0 bridgehead atoms. The highest BCUT2D eigenvalue weighted by Gasteiger charge is 2.26. The van der Waals surface area contributed by atoms with E-state index in [4.69, 9.17) is 12.2 Å². The van der Waals surface area contributed by atoms with E-state index in [0.29, 0.717) is 6.54 Å². The summed E-state index contributed by atoms with van der Waals surface area (Å²) in [4.78, 5) is 15.0. The summed E-state index contributed by atoms with van der Waals surface area (Å²) in [6.45, 7) is 13.7. The number of carbonyl (C=O) groups excluding carboxylic acids is 1. The number of nitrogens with one attached hydrogen (secondary N) is 3. The first-order valence-electron chi connectivity index (χ1n) is 10.0. The van der Waals surface area contributed by atoms with Crippen LogP contribution < -0.4 is 15.1 Å². The van der Waals surface area contributed by atoms with Crippen LogP contribution in [0.1, 0.15) is 26.3 Å². The molecule has 3 rings (SSSR count). The second-order valence-electron chi connectivity index (χ2n) is 8.89. The van der Waals surface area contributed by atoms with Gasteiger partial charge in [-0.3, -0.25) is 13.9 Å². The van der Waals surface area contributed by atoms with Gasteiger partial charge in [0.05, 0.1) is 0 Å². The fourth-order valence-corrected chi connectivity index (χ4v) is 4.02. The molecule has 1 saturated heterocycles. The molecule has 0 unspecified atom stereocenters. The van der Waals surface area contributed by atoms with E-state index in [2.05, 4.69) is 58.0 Å². The summed E-state index contributed by atoms with van der Waals surface area (Å²) in [5.41, 5.74) is 2.18. The Hall–Kier alpha value is -1.96. The van der Waals surface area contributed by atoms with Crippen LogP contribution in [0.4, 0.5) is 0 Å². The van der Waals surface area contributed by atoms with Gasteiger partial charge in [0.25, 0.3) is 5.91 Å². The average molecular weight is 404 g/mol. The summed E-state index contributed by atoms with van der Waals surface area (Å²) in [5.74, 6) is 0.142. The predicted molar refractivity (Wildman–Crippen MR) is 113 cm³/mol. The summed E-state index contributed by atoms with van der Waals surface area (Å²) in [6.07, 6.45) is 4.13. The van der Waals surface area contributed by atoms with Crippen molar-refractivity contribution in [2.24, 2.45) is 0 Å². The number of aryl methyl sites for hydroxylation is 1. The van der Waals surface area contributed by atoms with Gasteiger partial charge in [-0.15, -0.1) is 0 Å². The van der Waals surface area contributed by atoms with Gasteiger partial charge in [-0.05, 0) is 57.6 Å². The first kappa shape index (κ1) is 20.8. The molecule has 3 N–H and O–H groups in total. The molecule has 2 aromatic rings. The molecule has 1 fully saturated rings. The van der Waals surface area contributed by atoms with E-state index < -0.39 is 0 Å². The highest BCUT2D eigenvalue weighted by atomic mass is 32.1. The zero-order valence-corrected chi connectivity index (χ0v) is 18.2. The second-order valence-corrected chi connectivity index (χ2v) is 9.26. The fourth-order valence-electron chi connectivity index (χ4n) is 3.73. The minimum absolute atomic E-state index is 0.142. The first-order valence-corrected chi connectivity index (χ1v) is 10.4. The van der Waals surface area contributed by atoms with Crippen molar-refractivity contribution in [3.8, 4) is 5.69 Å². The van der Waals surface area contributed by atoms with Crippen molar-refractivity contribution in [3.63, 3.8) is 0 Å². The number of amides is 1. The smallest absolute Gasteiger partial charge is 0.275 e. The molecule has 1 aromatic carbocycles. The van der Waals surface area contributed by atoms with Crippen LogP contribution in [0.2, 0.25) is 0 Å². The van der Waals surface area contributed by atoms with Gasteiger partial charge in [-0.1, -0.05) is 12.1 Å². The van der Waals surface area contributed by atoms with E-state index in [0.717, 1.165) is 43.3 Å². The van der Waals surface area contributed by atoms with Crippen molar-refractivity contribution in [2.75, 3.05) is 32.7 Å². The minimum Gasteiger partial charge on any atom is -0.347 e. The lowest BCUT2D eigenvalue weighted by Gasteiger charge is -2.30. The van der Waals surface area contributed by atoms with Crippen LogP contribution >= 0.6 is 12.2 Å². The Morgan fingerprint density at radius 2 is 1.82 bits per heavy atom. The lowest BCUT2D eigenvalue weighted by atomic mass is 10.1. The summed E-state index contributed by atoms with van der Waals surface area (Å²) < 4.78 is 5.06. The van der Waals surface area contributed by atoms with Crippen LogP contribution in [0.5, 0.6) is 0 Å². The molecule has 1 aromatic heterocycles. The molecule has 0 radical (unpaired) electrons. The molecule has 152 valence electrons. The number of quaternary nitrogens is 2. The lowest BCUT2D eigenvalue weighted by molar-refractivity contribution is -1.02. The Morgan fingerprint density at radius 1 is 1.14 bits per heavy atom. The number of hydrogen-bond acceptors (Lipinski definition) is 2. The predicted octanol–water partition coefficient (Wildman–Crippen LogP) is -0.0277. The number of rotatable bonds is 5. The molecule has 7 heteroatoms. The number of imidazole rings is 1. The van der Waals surface area contributed by atoms with Crippen molar-refractivity contribution in [1.29, 1.82) is 0 Å². The van der Waals surface area contributed by atoms with E-state index in [1.165, 1.54) is 15.4 Å². The maximum absolute atomic E-state index is 12.1. The third kappa shape index (κ3) is 5.53. The van der Waals surface area contributed by atoms with Crippen LogP contribution in [-0.4, -0.2) is 53.3 Å². The van der Waals surface area contributed by atoms with E-state index in [1.54, 1.807) is 0 Å². The molecule has 0 saturated carbocycles. The van der Waals surface area contributed by atoms with Gasteiger partial charge >= 0.3 is 0 Å². The Morgan fingerprint density at radius 3 is 2.46 bits per heavy atom. The molecule has 1 amide bonds. The number of nitrogens with zero attached hydrogens (tertiary/aromatic N) is 2. The van der Waals surface area contributed by atoms with Crippen LogP contribution in [0, 0.1) is 11.7 Å². The molecule has 1 aliphatic rings. The van der Waals surface area contributed by atoms with Crippen molar-refractivity contribution < 1.29 is 14.6 Å². The second kappa shape index (κ2) is 8.59. The van der Waals surface area contributed by atoms with Gasteiger partial charge in [0, 0.05) is 23.6 Å². The van der Waals surface area contributed by atoms with Gasteiger partial charge in [-0.2, -0.15) is 0 Å². The average Bonchev–Trinajstić information content (AvgIpc) is 2.95. The molecule has 1 aliphatic heterocycles. The molecule has 0 atom stereocenters. The molecule has 0 spiro atoms. The summed E-state index contributed by atoms with van der Waals surface area (Å²) >= 11 is 5.70. The first-order chi connectivity index (χ1) is 13.2. The molecule has 0 aliphatic carbocycles. The number of hydrogen-bond donors (Lipinski definition) is 3. The monoisotopic (exact) mass is 403 g/mol. The van der Waals surface area contributed by atoms with Crippen molar-refractivity contribution >= 4 is 18.1 Å². The Kier molecular flexibility index (Phi) is 6.37. The number of carbonyl (C=O) groups is 1. The highest BCUT2D eigenvalue weighted by Crippen LogP contribution is 2.11. The zero-order valence-electron chi connectivity index (χ0n) is 17.4. The standard InChI is InChI=1S/C21H31N5OS/c1-17-6-5-7-18(14-17)26-13-12-25(20(26)28)16-24-10-8-23(9-11-24)15-19(27)22-21(2,3)4/h5-7,12-14H,8-11,15-16H2,1-4H3,(H,22,27)/p+2. The topological polar surface area (TPSA) is 47.8 Å². The van der Waals surface area contributed by atoms with E-state index in [9.17, 15) is 4.79 Å². The Bertz CT molecular complexity index is 871. The zero-order chi connectivity index (χ0) is 20.3. The van der Waals surface area contributed by atoms with Crippen LogP contribution in [0.25, 0.3) is 5.69 Å². The number of benzene rings is 1. The molecular formula is C21H33N5OS+2. The SMILES string of the molecule is Cc1cccc(-n2ccn(C[NH+]3CC[NH+](CC(=O)NC(C)(C)C)CC3)c2=S)c1. The van der Waals surface area contributed by atoms with Crippen molar-refractivity contribution in [1.82, 2.24) is 14.5 Å². The van der Waals surface area contributed by atoms with Crippen LogP contribution in [-0.2, 0) is 11.5 Å². The lowest BCUT2D eigenvalue weighted by Crippen LogP contribution is -3.28. The van der Waals surface area contributed by atoms with Crippen LogP contribution in [0.15, 0.2) is 36.7 Å². The van der Waals surface area contributed by atoms with E-state index in [1.807, 2.05) is 20.8 Å². The van der Waals surface area contributed by atoms with Crippen molar-refractivity contribution in [3.05, 3.63) is 47.0 Å². The largest absolute Gasteiger partial charge is 0.347 e. The molecule has 2 heterocycles. The quantitative estimate of drug-likeness (QED) is 0.614. The Labute approximate surface area is 172 Å². The third-order valence-corrected chi connectivity index (χ3v) is 5.54. The highest BCUT2D eigenvalue weighted by molar-refractivity contribution is 7.71. The number of piperazine rings is 1. The minimum atomic E-state index is -0.162. The van der Waals surface area contributed by atoms with Crippen LogP contribution in [0.3, 0.4) is 0 Å². The Balaban J connectivity index is 1.54. The maximum atomic E-state index is 12.1. The maximum Gasteiger partial charge on any atom is 0.275 e.